The van der Waals surface area contributed by atoms with Gasteiger partial charge in [0.25, 0.3) is 0 Å². The predicted molar refractivity (Wildman–Crippen MR) is 105 cm³/mol. The van der Waals surface area contributed by atoms with Gasteiger partial charge in [0.15, 0.2) is 0 Å². The number of para-hydroxylation sites is 1. The van der Waals surface area contributed by atoms with Crippen LogP contribution in [-0.4, -0.2) is 40.6 Å². The van der Waals surface area contributed by atoms with E-state index in [9.17, 15) is 14.4 Å². The van der Waals surface area contributed by atoms with E-state index in [2.05, 4.69) is 16.0 Å². The van der Waals surface area contributed by atoms with Crippen LogP contribution in [0.15, 0.2) is 23.0 Å². The number of imide groups is 1. The molecule has 1 atom stereocenters. The van der Waals surface area contributed by atoms with Gasteiger partial charge in [-0.1, -0.05) is 6.07 Å². The zero-order valence-corrected chi connectivity index (χ0v) is 16.0. The number of carbonyl (C=O) groups is 2. The van der Waals surface area contributed by atoms with Crippen LogP contribution in [0.3, 0.4) is 0 Å². The minimum absolute atomic E-state index is 0.234. The second kappa shape index (κ2) is 6.20. The number of amides is 2. The number of aryl methyl sites for hydroxylation is 1. The van der Waals surface area contributed by atoms with Gasteiger partial charge >= 0.3 is 5.69 Å². The molecule has 0 bridgehead atoms. The quantitative estimate of drug-likeness (QED) is 0.677. The molecule has 2 saturated heterocycles. The van der Waals surface area contributed by atoms with E-state index in [0.29, 0.717) is 17.8 Å². The highest BCUT2D eigenvalue weighted by atomic mass is 16.2. The van der Waals surface area contributed by atoms with Gasteiger partial charge in [0.1, 0.15) is 6.04 Å². The number of benzene rings is 1. The first kappa shape index (κ1) is 17.5. The van der Waals surface area contributed by atoms with Crippen LogP contribution in [0.1, 0.15) is 31.7 Å². The van der Waals surface area contributed by atoms with Crippen molar-refractivity contribution in [3.63, 3.8) is 0 Å². The lowest BCUT2D eigenvalue weighted by Gasteiger charge is -2.54. The van der Waals surface area contributed by atoms with Gasteiger partial charge in [-0.3, -0.25) is 24.0 Å². The summed E-state index contributed by atoms with van der Waals surface area (Å²) in [4.78, 5) is 36.7. The molecule has 1 aliphatic carbocycles. The van der Waals surface area contributed by atoms with Crippen molar-refractivity contribution in [2.24, 2.45) is 18.4 Å². The van der Waals surface area contributed by atoms with E-state index in [1.807, 2.05) is 18.2 Å². The number of nitrogens with zero attached hydrogens (tertiary/aromatic N) is 2. The van der Waals surface area contributed by atoms with Crippen LogP contribution in [0.2, 0.25) is 0 Å². The number of anilines is 1. The molecule has 1 saturated carbocycles. The number of hydrogen-bond donors (Lipinski definition) is 3. The molecule has 0 radical (unpaired) electrons. The number of rotatable bonds is 4. The van der Waals surface area contributed by atoms with Crippen LogP contribution in [0.4, 0.5) is 5.69 Å². The molecule has 5 rings (SSSR count). The van der Waals surface area contributed by atoms with E-state index in [-0.39, 0.29) is 18.0 Å². The van der Waals surface area contributed by atoms with Gasteiger partial charge in [0.2, 0.25) is 11.8 Å². The second-order valence-corrected chi connectivity index (χ2v) is 8.61. The third kappa shape index (κ3) is 2.58. The van der Waals surface area contributed by atoms with E-state index in [1.54, 1.807) is 11.6 Å². The third-order valence-corrected chi connectivity index (χ3v) is 6.65. The highest BCUT2D eigenvalue weighted by molar-refractivity contribution is 6.00. The van der Waals surface area contributed by atoms with Crippen molar-refractivity contribution >= 4 is 28.5 Å². The molecule has 2 amide bonds. The lowest BCUT2D eigenvalue weighted by Crippen LogP contribution is -2.61. The lowest BCUT2D eigenvalue weighted by molar-refractivity contribution is -0.135. The summed E-state index contributed by atoms with van der Waals surface area (Å²) in [6.45, 7) is 3.17. The van der Waals surface area contributed by atoms with Gasteiger partial charge in [-0.15, -0.1) is 0 Å². The average Bonchev–Trinajstić information content (AvgIpc) is 2.85. The highest BCUT2D eigenvalue weighted by Gasteiger charge is 2.47. The molecule has 148 valence electrons. The molecule has 2 aliphatic heterocycles. The van der Waals surface area contributed by atoms with Crippen LogP contribution >= 0.6 is 0 Å². The predicted octanol–water partition coefficient (Wildman–Crippen LogP) is 0.729. The fraction of sp³-hybridized carbons (Fsp3) is 0.550. The smallest absolute Gasteiger partial charge is 0.329 e. The molecule has 3 heterocycles. The zero-order valence-electron chi connectivity index (χ0n) is 16.0. The van der Waals surface area contributed by atoms with Crippen molar-refractivity contribution in [2.45, 2.75) is 31.7 Å². The van der Waals surface area contributed by atoms with Crippen LogP contribution in [0, 0.1) is 11.3 Å². The Morgan fingerprint density at radius 2 is 2.00 bits per heavy atom. The van der Waals surface area contributed by atoms with Crippen molar-refractivity contribution in [3.05, 3.63) is 28.7 Å². The summed E-state index contributed by atoms with van der Waals surface area (Å²) < 4.78 is 3.13. The van der Waals surface area contributed by atoms with Gasteiger partial charge in [-0.05, 0) is 42.7 Å². The maximum absolute atomic E-state index is 12.9. The van der Waals surface area contributed by atoms with Crippen molar-refractivity contribution in [1.29, 1.82) is 0 Å². The Morgan fingerprint density at radius 3 is 2.68 bits per heavy atom. The molecule has 1 aromatic carbocycles. The van der Waals surface area contributed by atoms with Crippen LogP contribution in [-0.2, 0) is 16.6 Å². The number of piperidine rings is 1. The molecule has 3 fully saturated rings. The summed E-state index contributed by atoms with van der Waals surface area (Å²) in [6.07, 6.45) is 3.09. The van der Waals surface area contributed by atoms with Crippen molar-refractivity contribution in [3.8, 4) is 0 Å². The summed E-state index contributed by atoms with van der Waals surface area (Å²) in [5.74, 6) is -0.0264. The van der Waals surface area contributed by atoms with E-state index in [0.717, 1.165) is 36.4 Å². The van der Waals surface area contributed by atoms with Gasteiger partial charge in [0.05, 0.1) is 16.7 Å². The van der Waals surface area contributed by atoms with Crippen LogP contribution < -0.4 is 21.6 Å². The Bertz CT molecular complexity index is 1020. The maximum atomic E-state index is 12.9. The first-order valence-corrected chi connectivity index (χ1v) is 9.96. The molecule has 1 spiro atoms. The van der Waals surface area contributed by atoms with Crippen LogP contribution in [0.25, 0.3) is 11.0 Å². The Morgan fingerprint density at radius 1 is 1.21 bits per heavy atom. The normalized spacial score (nSPS) is 24.1. The minimum atomic E-state index is -0.651. The maximum Gasteiger partial charge on any atom is 0.329 e. The highest BCUT2D eigenvalue weighted by Crippen LogP contribution is 2.48. The molecular weight excluding hydrogens is 358 g/mol. The fourth-order valence-electron chi connectivity index (χ4n) is 5.14. The average molecular weight is 383 g/mol. The van der Waals surface area contributed by atoms with Gasteiger partial charge in [-0.2, -0.15) is 0 Å². The molecule has 8 heteroatoms. The molecule has 1 unspecified atom stereocenters. The fourth-order valence-corrected chi connectivity index (χ4v) is 5.14. The van der Waals surface area contributed by atoms with Crippen LogP contribution in [0.5, 0.6) is 0 Å². The monoisotopic (exact) mass is 383 g/mol. The first-order valence-electron chi connectivity index (χ1n) is 9.96. The van der Waals surface area contributed by atoms with Gasteiger partial charge in [-0.25, -0.2) is 4.79 Å². The van der Waals surface area contributed by atoms with E-state index in [4.69, 9.17) is 0 Å². The summed E-state index contributed by atoms with van der Waals surface area (Å²) >= 11 is 0. The van der Waals surface area contributed by atoms with E-state index < -0.39 is 11.9 Å². The molecule has 2 aromatic rings. The Hall–Kier alpha value is -2.61. The summed E-state index contributed by atoms with van der Waals surface area (Å²) in [7, 11) is 1.73. The van der Waals surface area contributed by atoms with E-state index in [1.165, 1.54) is 17.4 Å². The largest absolute Gasteiger partial charge is 0.383 e. The van der Waals surface area contributed by atoms with Gasteiger partial charge in [0, 0.05) is 33.1 Å². The Kier molecular flexibility index (Phi) is 3.87. The lowest BCUT2D eigenvalue weighted by atomic mass is 9.58. The van der Waals surface area contributed by atoms with Crippen molar-refractivity contribution < 1.29 is 9.59 Å². The Balaban J connectivity index is 1.43. The number of imidazole rings is 1. The molecule has 3 aliphatic rings. The minimum Gasteiger partial charge on any atom is -0.383 e. The van der Waals surface area contributed by atoms with E-state index >= 15 is 0 Å². The Labute approximate surface area is 162 Å². The SMILES string of the molecule is Cn1c(=O)n(C2CCC(=O)NC2=O)c2cccc(NCC3CC4(CNC4)C3)c21. The zero-order chi connectivity index (χ0) is 19.5. The summed E-state index contributed by atoms with van der Waals surface area (Å²) in [5.41, 5.74) is 2.75. The first-order chi connectivity index (χ1) is 13.5. The standard InChI is InChI=1S/C20H25N5O3/c1-24-17-13(22-9-12-7-20(8-12)10-21-11-20)3-2-4-14(17)25(19(24)28)15-5-6-16(26)23-18(15)27/h2-4,12,15,21-22H,5-11H2,1H3,(H,23,26,27). The molecular formula is C20H25N5O3. The number of aromatic nitrogens is 2. The molecule has 1 aromatic heterocycles. The third-order valence-electron chi connectivity index (χ3n) is 6.65. The van der Waals surface area contributed by atoms with Gasteiger partial charge < -0.3 is 10.6 Å². The van der Waals surface area contributed by atoms with Crippen molar-refractivity contribution in [2.75, 3.05) is 25.0 Å². The summed E-state index contributed by atoms with van der Waals surface area (Å²) in [5, 5.41) is 9.24. The topological polar surface area (TPSA) is 97.2 Å². The molecule has 8 nitrogen and oxygen atoms in total. The number of fused-ring (bicyclic) bond motifs is 1. The van der Waals surface area contributed by atoms with Crippen molar-refractivity contribution in [1.82, 2.24) is 19.8 Å². The number of hydrogen-bond acceptors (Lipinski definition) is 5. The summed E-state index contributed by atoms with van der Waals surface area (Å²) in [6, 6.07) is 5.10. The number of carbonyl (C=O) groups excluding carboxylic acids is 2. The molecule has 28 heavy (non-hydrogen) atoms. The number of nitrogens with one attached hydrogen (secondary N) is 3. The second-order valence-electron chi connectivity index (χ2n) is 8.61. The molecule has 3 N–H and O–H groups in total.